The predicted octanol–water partition coefficient (Wildman–Crippen LogP) is 3.61. The molecule has 25 heavy (non-hydrogen) atoms. The summed E-state index contributed by atoms with van der Waals surface area (Å²) in [6, 6.07) is 19.1. The maximum atomic E-state index is 12.5. The average Bonchev–Trinajstić information content (AvgIpc) is 2.92. The number of benzene rings is 2. The Bertz CT molecular complexity index is 865. The molecule has 0 aromatic heterocycles. The molecule has 1 heterocycles. The molecular weight excluding hydrogens is 312 g/mol. The maximum absolute atomic E-state index is 12.5. The lowest BCUT2D eigenvalue weighted by Crippen LogP contribution is -2.30. The summed E-state index contributed by atoms with van der Waals surface area (Å²) in [6.07, 6.45) is 5.55. The number of amides is 2. The molecule has 0 aliphatic carbocycles. The van der Waals surface area contributed by atoms with Gasteiger partial charge < -0.3 is 0 Å². The molecule has 0 N–H and O–H groups in total. The van der Waals surface area contributed by atoms with Gasteiger partial charge >= 0.3 is 0 Å². The van der Waals surface area contributed by atoms with Gasteiger partial charge in [-0.15, -0.1) is 0 Å². The molecule has 0 bridgehead atoms. The lowest BCUT2D eigenvalue weighted by molar-refractivity contribution is -0.141. The molecule has 4 heteroatoms. The Hall–Kier alpha value is -3.27. The van der Waals surface area contributed by atoms with Crippen LogP contribution in [0.5, 0.6) is 0 Å². The van der Waals surface area contributed by atoms with Crippen LogP contribution in [-0.4, -0.2) is 22.5 Å². The number of hydrazone groups is 1. The molecule has 1 aliphatic rings. The number of hydrogen-bond acceptors (Lipinski definition) is 3. The van der Waals surface area contributed by atoms with E-state index >= 15 is 0 Å². The highest BCUT2D eigenvalue weighted by Crippen LogP contribution is 2.17. The second-order valence-corrected chi connectivity index (χ2v) is 5.71. The molecule has 1 aliphatic heterocycles. The van der Waals surface area contributed by atoms with Gasteiger partial charge in [-0.25, -0.2) is 0 Å². The first kappa shape index (κ1) is 16.6. The fourth-order valence-electron chi connectivity index (χ4n) is 2.54. The van der Waals surface area contributed by atoms with Gasteiger partial charge in [-0.2, -0.15) is 10.1 Å². The van der Waals surface area contributed by atoms with E-state index in [1.807, 2.05) is 66.7 Å². The summed E-state index contributed by atoms with van der Waals surface area (Å²) in [5.74, 6) is -0.706. The minimum atomic E-state index is -0.379. The highest BCUT2D eigenvalue weighted by molar-refractivity contribution is 6.27. The molecule has 2 aromatic carbocycles. The van der Waals surface area contributed by atoms with E-state index in [9.17, 15) is 9.59 Å². The summed E-state index contributed by atoms with van der Waals surface area (Å²) in [5, 5.41) is 5.08. The lowest BCUT2D eigenvalue weighted by atomic mass is 10.1. The molecule has 0 saturated carbocycles. The first-order chi connectivity index (χ1) is 12.1. The van der Waals surface area contributed by atoms with E-state index in [1.54, 1.807) is 19.1 Å². The third-order valence-corrected chi connectivity index (χ3v) is 3.85. The van der Waals surface area contributed by atoms with Crippen molar-refractivity contribution in [2.24, 2.45) is 5.10 Å². The first-order valence-corrected chi connectivity index (χ1v) is 8.05. The van der Waals surface area contributed by atoms with Gasteiger partial charge in [-0.05, 0) is 24.1 Å². The largest absolute Gasteiger partial charge is 0.283 e. The molecule has 0 spiro atoms. The lowest BCUT2D eigenvalue weighted by Gasteiger charge is -2.09. The van der Waals surface area contributed by atoms with Gasteiger partial charge in [-0.3, -0.25) is 9.59 Å². The van der Waals surface area contributed by atoms with Gasteiger partial charge in [0, 0.05) is 0 Å². The van der Waals surface area contributed by atoms with Gasteiger partial charge in [0.25, 0.3) is 11.8 Å². The number of hydrogen-bond donors (Lipinski definition) is 0. The van der Waals surface area contributed by atoms with E-state index in [-0.39, 0.29) is 18.2 Å². The highest BCUT2D eigenvalue weighted by atomic mass is 16.2. The second kappa shape index (κ2) is 7.53. The molecule has 124 valence electrons. The first-order valence-electron chi connectivity index (χ1n) is 8.05. The van der Waals surface area contributed by atoms with Crippen molar-refractivity contribution in [2.45, 2.75) is 13.3 Å². The Kier molecular flexibility index (Phi) is 5.00. The van der Waals surface area contributed by atoms with E-state index in [0.717, 1.165) is 16.1 Å². The van der Waals surface area contributed by atoms with Crippen molar-refractivity contribution >= 4 is 23.6 Å². The minimum absolute atomic E-state index is 0.149. The zero-order valence-electron chi connectivity index (χ0n) is 13.9. The smallest absolute Gasteiger partial charge is 0.272 e. The number of carbonyl (C=O) groups is 2. The SMILES string of the molecule is CC1=NN(C(=O)Cc2ccccc2)C(=O)/C1=C/C=C/c1ccccc1. The van der Waals surface area contributed by atoms with Gasteiger partial charge in [-0.1, -0.05) is 72.8 Å². The van der Waals surface area contributed by atoms with Crippen molar-refractivity contribution in [2.75, 3.05) is 0 Å². The van der Waals surface area contributed by atoms with Crippen molar-refractivity contribution in [3.05, 3.63) is 89.5 Å². The summed E-state index contributed by atoms with van der Waals surface area (Å²) >= 11 is 0. The molecule has 0 saturated heterocycles. The van der Waals surface area contributed by atoms with Crippen LogP contribution in [0.4, 0.5) is 0 Å². The molecule has 3 rings (SSSR count). The second-order valence-electron chi connectivity index (χ2n) is 5.71. The van der Waals surface area contributed by atoms with Crippen LogP contribution in [0.1, 0.15) is 18.1 Å². The summed E-state index contributed by atoms with van der Waals surface area (Å²) in [5.41, 5.74) is 2.88. The molecule has 0 radical (unpaired) electrons. The Morgan fingerprint density at radius 1 is 1.04 bits per heavy atom. The summed E-state index contributed by atoms with van der Waals surface area (Å²) in [7, 11) is 0. The fraction of sp³-hybridized carbons (Fsp3) is 0.0952. The van der Waals surface area contributed by atoms with E-state index < -0.39 is 0 Å². The molecule has 0 unspecified atom stereocenters. The zero-order valence-corrected chi connectivity index (χ0v) is 13.9. The van der Waals surface area contributed by atoms with Crippen molar-refractivity contribution in [1.82, 2.24) is 5.01 Å². The molecule has 2 aromatic rings. The quantitative estimate of drug-likeness (QED) is 0.804. The van der Waals surface area contributed by atoms with E-state index in [4.69, 9.17) is 0 Å². The molecule has 2 amide bonds. The Morgan fingerprint density at radius 2 is 1.68 bits per heavy atom. The summed E-state index contributed by atoms with van der Waals surface area (Å²) < 4.78 is 0. The van der Waals surface area contributed by atoms with Gasteiger partial charge in [0.2, 0.25) is 0 Å². The Labute approximate surface area is 146 Å². The number of allylic oxidation sites excluding steroid dienone is 2. The third-order valence-electron chi connectivity index (χ3n) is 3.85. The van der Waals surface area contributed by atoms with Crippen LogP contribution in [0.3, 0.4) is 0 Å². The van der Waals surface area contributed by atoms with Crippen LogP contribution in [0.2, 0.25) is 0 Å². The Balaban J connectivity index is 1.71. The van der Waals surface area contributed by atoms with E-state index in [0.29, 0.717) is 11.3 Å². The number of rotatable bonds is 4. The molecule has 4 nitrogen and oxygen atoms in total. The predicted molar refractivity (Wildman–Crippen MR) is 98.7 cm³/mol. The zero-order chi connectivity index (χ0) is 17.6. The summed E-state index contributed by atoms with van der Waals surface area (Å²) in [6.45, 7) is 1.73. The molecular formula is C21H18N2O2. The fourth-order valence-corrected chi connectivity index (χ4v) is 2.54. The van der Waals surface area contributed by atoms with Crippen LogP contribution in [0.25, 0.3) is 6.08 Å². The topological polar surface area (TPSA) is 49.7 Å². The van der Waals surface area contributed by atoms with Crippen molar-refractivity contribution in [3.63, 3.8) is 0 Å². The van der Waals surface area contributed by atoms with Crippen molar-refractivity contribution in [1.29, 1.82) is 0 Å². The minimum Gasteiger partial charge on any atom is -0.272 e. The maximum Gasteiger partial charge on any atom is 0.283 e. The third kappa shape index (κ3) is 3.98. The van der Waals surface area contributed by atoms with Crippen LogP contribution in [0, 0.1) is 0 Å². The Morgan fingerprint density at radius 3 is 2.36 bits per heavy atom. The molecule has 0 fully saturated rings. The number of nitrogens with zero attached hydrogens (tertiary/aromatic N) is 2. The van der Waals surface area contributed by atoms with Crippen LogP contribution < -0.4 is 0 Å². The van der Waals surface area contributed by atoms with Crippen LogP contribution in [0.15, 0.2) is 83.5 Å². The van der Waals surface area contributed by atoms with Crippen LogP contribution in [-0.2, 0) is 16.0 Å². The average molecular weight is 330 g/mol. The normalized spacial score (nSPS) is 15.9. The number of carbonyl (C=O) groups excluding carboxylic acids is 2. The van der Waals surface area contributed by atoms with Gasteiger partial charge in [0.15, 0.2) is 0 Å². The van der Waals surface area contributed by atoms with Crippen molar-refractivity contribution < 1.29 is 9.59 Å². The van der Waals surface area contributed by atoms with E-state index in [1.165, 1.54) is 0 Å². The highest BCUT2D eigenvalue weighted by Gasteiger charge is 2.31. The van der Waals surface area contributed by atoms with Gasteiger partial charge in [0.1, 0.15) is 0 Å². The van der Waals surface area contributed by atoms with Crippen molar-refractivity contribution in [3.8, 4) is 0 Å². The van der Waals surface area contributed by atoms with Crippen LogP contribution >= 0.6 is 0 Å². The van der Waals surface area contributed by atoms with E-state index in [2.05, 4.69) is 5.10 Å². The molecule has 0 atom stereocenters. The summed E-state index contributed by atoms with van der Waals surface area (Å²) in [4.78, 5) is 24.8. The number of imide groups is 1. The monoisotopic (exact) mass is 330 g/mol. The van der Waals surface area contributed by atoms with Gasteiger partial charge in [0.05, 0.1) is 17.7 Å². The standard InChI is InChI=1S/C21H18N2O2/c1-16-19(14-8-13-17-9-4-2-5-10-17)21(25)23(22-16)20(24)15-18-11-6-3-7-12-18/h2-14H,15H2,1H3/b13-8+,19-14+.